The molecule has 2 amide bonds. The topological polar surface area (TPSA) is 190 Å². The average Bonchev–Trinajstić information content (AvgIpc) is 3.51. The molecule has 4 N–H and O–H groups in total. The molecule has 418 valence electrons. The maximum absolute atomic E-state index is 16.2. The molecule has 16 nitrogen and oxygen atoms in total. The van der Waals surface area contributed by atoms with E-state index in [4.69, 9.17) is 52.2 Å². The highest BCUT2D eigenvalue weighted by Crippen LogP contribution is 2.53. The van der Waals surface area contributed by atoms with Gasteiger partial charge in [0.25, 0.3) is 5.91 Å². The number of nitrogens with zero attached hydrogens (tertiary/aromatic N) is 6. The van der Waals surface area contributed by atoms with Gasteiger partial charge in [-0.05, 0) is 91.1 Å². The van der Waals surface area contributed by atoms with Crippen LogP contribution in [0.5, 0.6) is 5.75 Å². The lowest BCUT2D eigenvalue weighted by Gasteiger charge is -2.37. The molecule has 8 rings (SSSR count). The second kappa shape index (κ2) is 26.5. The smallest absolute Gasteiger partial charge is 0.251 e. The summed E-state index contributed by atoms with van der Waals surface area (Å²) in [6.07, 6.45) is 7.71. The second-order valence-corrected chi connectivity index (χ2v) is 22.1. The molecule has 0 radical (unpaired) electrons. The number of anilines is 3. The van der Waals surface area contributed by atoms with Crippen LogP contribution in [0.15, 0.2) is 103 Å². The first-order valence-corrected chi connectivity index (χ1v) is 27.2. The van der Waals surface area contributed by atoms with Crippen LogP contribution in [-0.2, 0) is 31.0 Å². The summed E-state index contributed by atoms with van der Waals surface area (Å²) in [5, 5.41) is 28.3. The third kappa shape index (κ3) is 14.2. The highest BCUT2D eigenvalue weighted by molar-refractivity contribution is 6.31. The number of ether oxygens (including phenoxy) is 4. The Morgan fingerprint density at radius 3 is 2.38 bits per heavy atom. The summed E-state index contributed by atoms with van der Waals surface area (Å²) in [6, 6.07) is 25.4. The van der Waals surface area contributed by atoms with Crippen LogP contribution < -0.4 is 30.9 Å². The molecule has 6 aromatic rings. The number of aromatic nitrogens is 4. The zero-order valence-corrected chi connectivity index (χ0v) is 46.8. The van der Waals surface area contributed by atoms with Crippen molar-refractivity contribution in [3.05, 3.63) is 147 Å². The van der Waals surface area contributed by atoms with Crippen molar-refractivity contribution in [1.82, 2.24) is 30.4 Å². The first-order valence-electron chi connectivity index (χ1n) is 26.5. The average molecular weight is 1120 g/mol. The number of amides is 2. The van der Waals surface area contributed by atoms with Crippen LogP contribution in [0.2, 0.25) is 10.0 Å². The quantitative estimate of drug-likeness (QED) is 0.0444. The van der Waals surface area contributed by atoms with E-state index in [9.17, 15) is 14.9 Å². The number of rotatable bonds is 23. The maximum atomic E-state index is 16.2. The van der Waals surface area contributed by atoms with Gasteiger partial charge in [-0.2, -0.15) is 10.4 Å². The van der Waals surface area contributed by atoms with E-state index in [2.05, 4.69) is 49.4 Å². The fourth-order valence-corrected chi connectivity index (χ4v) is 11.0. The zero-order chi connectivity index (χ0) is 56.3. The number of hydrogen-bond acceptors (Lipinski definition) is 13. The second-order valence-electron chi connectivity index (χ2n) is 21.2. The van der Waals surface area contributed by atoms with Gasteiger partial charge >= 0.3 is 0 Å². The summed E-state index contributed by atoms with van der Waals surface area (Å²) in [6.45, 7) is 8.45. The van der Waals surface area contributed by atoms with E-state index in [1.807, 2.05) is 70.0 Å². The van der Waals surface area contributed by atoms with Crippen molar-refractivity contribution < 1.29 is 37.3 Å². The lowest BCUT2D eigenvalue weighted by Crippen LogP contribution is -2.45. The van der Waals surface area contributed by atoms with Gasteiger partial charge in [0, 0.05) is 61.0 Å². The number of carbonyl (C=O) groups excluding carboxylic acids is 2. The molecular weight excluding hydrogens is 1050 g/mol. The van der Waals surface area contributed by atoms with Gasteiger partial charge in [0.2, 0.25) is 11.9 Å². The van der Waals surface area contributed by atoms with Crippen molar-refractivity contribution in [2.45, 2.75) is 95.0 Å². The molecule has 1 aliphatic heterocycles. The Morgan fingerprint density at radius 2 is 1.67 bits per heavy atom. The Hall–Kier alpha value is -6.72. The monoisotopic (exact) mass is 1120 g/mol. The molecule has 3 heterocycles. The van der Waals surface area contributed by atoms with E-state index < -0.39 is 52.3 Å². The number of halogens is 4. The van der Waals surface area contributed by atoms with Crippen molar-refractivity contribution in [1.29, 1.82) is 5.26 Å². The molecule has 1 aliphatic carbocycles. The summed E-state index contributed by atoms with van der Waals surface area (Å²) in [4.78, 5) is 39.5. The third-order valence-electron chi connectivity index (χ3n) is 14.3. The summed E-state index contributed by atoms with van der Waals surface area (Å²) < 4.78 is 57.5. The third-order valence-corrected chi connectivity index (χ3v) is 14.8. The minimum Gasteiger partial charge on any atom is -0.495 e. The highest BCUT2D eigenvalue weighted by Gasteiger charge is 2.61. The van der Waals surface area contributed by atoms with Crippen molar-refractivity contribution >= 4 is 52.5 Å². The van der Waals surface area contributed by atoms with Crippen LogP contribution in [0.4, 0.5) is 26.2 Å². The lowest BCUT2D eigenvalue weighted by molar-refractivity contribution is -0.118. The van der Waals surface area contributed by atoms with E-state index in [-0.39, 0.29) is 69.9 Å². The van der Waals surface area contributed by atoms with Crippen molar-refractivity contribution in [2.75, 3.05) is 76.3 Å². The van der Waals surface area contributed by atoms with Crippen LogP contribution in [0, 0.1) is 28.4 Å². The lowest BCUT2D eigenvalue weighted by atomic mass is 9.62. The molecule has 0 bridgehead atoms. The van der Waals surface area contributed by atoms with Crippen LogP contribution in [0.1, 0.15) is 85.8 Å². The van der Waals surface area contributed by atoms with E-state index in [0.717, 1.165) is 48.8 Å². The molecule has 2 aliphatic rings. The fourth-order valence-electron chi connectivity index (χ4n) is 10.7. The Bertz CT molecular complexity index is 3090. The predicted octanol–water partition coefficient (Wildman–Crippen LogP) is 10.2. The van der Waals surface area contributed by atoms with Gasteiger partial charge in [0.15, 0.2) is 0 Å². The van der Waals surface area contributed by atoms with Crippen LogP contribution in [0.3, 0.4) is 0 Å². The van der Waals surface area contributed by atoms with Crippen LogP contribution >= 0.6 is 23.2 Å². The molecule has 79 heavy (non-hydrogen) atoms. The number of nitrogens with one attached hydrogen (secondary N) is 4. The molecule has 1 saturated carbocycles. The molecule has 2 fully saturated rings. The molecule has 1 saturated heterocycles. The van der Waals surface area contributed by atoms with Gasteiger partial charge in [-0.25, -0.2) is 23.4 Å². The summed E-state index contributed by atoms with van der Waals surface area (Å²) >= 11 is 12.5. The van der Waals surface area contributed by atoms with E-state index >= 15 is 8.78 Å². The van der Waals surface area contributed by atoms with Crippen molar-refractivity contribution in [3.8, 4) is 23.1 Å². The summed E-state index contributed by atoms with van der Waals surface area (Å²) in [7, 11) is 5.43. The van der Waals surface area contributed by atoms with Gasteiger partial charge in [-0.1, -0.05) is 92.5 Å². The van der Waals surface area contributed by atoms with Crippen molar-refractivity contribution in [2.24, 2.45) is 5.41 Å². The Morgan fingerprint density at radius 1 is 0.924 bits per heavy atom. The van der Waals surface area contributed by atoms with E-state index in [1.54, 1.807) is 12.3 Å². The summed E-state index contributed by atoms with van der Waals surface area (Å²) in [5.41, 5.74) is 0.892. The van der Waals surface area contributed by atoms with E-state index in [1.165, 1.54) is 55.1 Å². The van der Waals surface area contributed by atoms with Gasteiger partial charge in [0.1, 0.15) is 28.6 Å². The van der Waals surface area contributed by atoms with Crippen molar-refractivity contribution in [3.63, 3.8) is 0 Å². The standard InChI is InChI=1S/C59H68Cl2F2N10O6/c1-58(2,3)33-50-59(36-64,44-21-16-39(60)32-46(44)62)51(42-13-10-14-45(61)52(42)63)53(71-50)55(75)69-48-31-38(15-22-49(48)76-6)54(74)65-25-26-77-27-28-78-29-30-79-41-19-17-40(18-20-41)68-57-66-24-23-47(70-57)43-34-67-73(56(43)72(4)5)35-37-11-8-7-9-12-37/h7-16,21-24,31-32,34,40-41,50-51,53,71H,17-20,25-30,33,35H2,1-6H3,(H,65,74)(H,69,75)(H,66,68,70). The number of methoxy groups -OCH3 is 1. The molecule has 4 unspecified atom stereocenters. The van der Waals surface area contributed by atoms with Gasteiger partial charge in [-0.15, -0.1) is 0 Å². The molecule has 2 aromatic heterocycles. The maximum Gasteiger partial charge on any atom is 0.251 e. The molecule has 4 atom stereocenters. The molecule has 20 heteroatoms. The first-order chi connectivity index (χ1) is 38.0. The number of nitriles is 1. The van der Waals surface area contributed by atoms with Gasteiger partial charge < -0.3 is 45.1 Å². The molecular formula is C59H68Cl2F2N10O6. The largest absolute Gasteiger partial charge is 0.495 e. The minimum absolute atomic E-state index is 0.0487. The van der Waals surface area contributed by atoms with E-state index in [0.29, 0.717) is 38.9 Å². The fraction of sp³-hybridized carbons (Fsp3) is 0.424. The zero-order valence-electron chi connectivity index (χ0n) is 45.3. The summed E-state index contributed by atoms with van der Waals surface area (Å²) in [5.74, 6) is -2.25. The Kier molecular flexibility index (Phi) is 19.6. The van der Waals surface area contributed by atoms with Gasteiger partial charge in [-0.3, -0.25) is 9.59 Å². The van der Waals surface area contributed by atoms with Crippen LogP contribution in [0.25, 0.3) is 11.3 Å². The predicted molar refractivity (Wildman–Crippen MR) is 302 cm³/mol. The minimum atomic E-state index is -1.83. The first kappa shape index (κ1) is 58.4. The number of benzene rings is 4. The molecule has 0 spiro atoms. The van der Waals surface area contributed by atoms with Crippen LogP contribution in [-0.4, -0.2) is 117 Å². The Labute approximate surface area is 470 Å². The normalized spacial score (nSPS) is 20.1. The molecule has 4 aromatic carbocycles. The number of carbonyl (C=O) groups is 2. The van der Waals surface area contributed by atoms with Gasteiger partial charge in [0.05, 0.1) is 93.1 Å². The SMILES string of the molecule is COc1ccc(C(=O)NCCOCCOCCOC2CCC(Nc3nccc(-c4cnn(Cc5ccccc5)c4N(C)C)n3)CC2)cc1NC(=O)C1NC(CC(C)(C)C)C(C#N)(c2ccc(Cl)cc2F)C1c1cccc(Cl)c1F. The number of hydrogen-bond donors (Lipinski definition) is 4. The Balaban J connectivity index is 0.776. The highest BCUT2D eigenvalue weighted by atomic mass is 35.5.